The van der Waals surface area contributed by atoms with Crippen LogP contribution < -0.4 is 10.4 Å². The molecule has 0 unspecified atom stereocenters. The summed E-state index contributed by atoms with van der Waals surface area (Å²) in [5.74, 6) is -0.335. The van der Waals surface area contributed by atoms with Gasteiger partial charge in [0, 0.05) is 6.08 Å². The van der Waals surface area contributed by atoms with E-state index in [4.69, 9.17) is 9.16 Å². The smallest absolute Gasteiger partial charge is 0.330 e. The highest BCUT2D eigenvalue weighted by Crippen LogP contribution is 2.36. The molecule has 2 rings (SSSR count). The number of hydrogen-bond donors (Lipinski definition) is 0. The third-order valence-corrected chi connectivity index (χ3v) is 9.36. The first-order valence-electron chi connectivity index (χ1n) is 9.00. The van der Waals surface area contributed by atoms with Crippen molar-refractivity contribution in [3.8, 4) is 0 Å². The van der Waals surface area contributed by atoms with E-state index in [1.165, 1.54) is 16.4 Å². The zero-order valence-electron chi connectivity index (χ0n) is 16.1. The van der Waals surface area contributed by atoms with Crippen LogP contribution in [0.3, 0.4) is 0 Å². The van der Waals surface area contributed by atoms with Gasteiger partial charge in [0.2, 0.25) is 0 Å². The van der Waals surface area contributed by atoms with Gasteiger partial charge in [-0.15, -0.1) is 0 Å². The van der Waals surface area contributed by atoms with Gasteiger partial charge in [-0.25, -0.2) is 4.79 Å². The maximum Gasteiger partial charge on any atom is 0.330 e. The summed E-state index contributed by atoms with van der Waals surface area (Å²) >= 11 is 0. The second kappa shape index (κ2) is 8.97. The Labute approximate surface area is 157 Å². The summed E-state index contributed by atoms with van der Waals surface area (Å²) in [4.78, 5) is 11.6. The van der Waals surface area contributed by atoms with E-state index >= 15 is 0 Å². The summed E-state index contributed by atoms with van der Waals surface area (Å²) in [5, 5.41) is 2.37. The molecule has 0 aliphatic carbocycles. The molecule has 26 heavy (non-hydrogen) atoms. The lowest BCUT2D eigenvalue weighted by Crippen LogP contribution is -2.66. The van der Waals surface area contributed by atoms with Crippen molar-refractivity contribution in [1.29, 1.82) is 0 Å². The van der Waals surface area contributed by atoms with Crippen LogP contribution in [0.1, 0.15) is 27.7 Å². The molecule has 2 aromatic rings. The van der Waals surface area contributed by atoms with Gasteiger partial charge in [-0.3, -0.25) is 0 Å². The predicted molar refractivity (Wildman–Crippen MR) is 109 cm³/mol. The van der Waals surface area contributed by atoms with Crippen LogP contribution in [-0.4, -0.2) is 27.5 Å². The molecule has 0 radical (unpaired) electrons. The SMILES string of the molecule is CCOC(=O)/C=C/CO[Si](c1ccccc1)(c1ccccc1)C(C)(C)C. The van der Waals surface area contributed by atoms with Crippen molar-refractivity contribution in [2.24, 2.45) is 0 Å². The molecule has 0 N–H and O–H groups in total. The second-order valence-corrected chi connectivity index (χ2v) is 11.4. The van der Waals surface area contributed by atoms with Crippen LogP contribution in [0.2, 0.25) is 5.04 Å². The van der Waals surface area contributed by atoms with E-state index < -0.39 is 8.32 Å². The van der Waals surface area contributed by atoms with Crippen LogP contribution in [0.5, 0.6) is 0 Å². The second-order valence-electron chi connectivity index (χ2n) is 7.13. The van der Waals surface area contributed by atoms with Crippen LogP contribution in [0.15, 0.2) is 72.8 Å². The van der Waals surface area contributed by atoms with Gasteiger partial charge in [0.1, 0.15) is 0 Å². The molecule has 0 saturated heterocycles. The van der Waals surface area contributed by atoms with E-state index in [2.05, 4.69) is 69.3 Å². The molecular formula is C22H28O3Si. The van der Waals surface area contributed by atoms with Gasteiger partial charge < -0.3 is 9.16 Å². The summed E-state index contributed by atoms with van der Waals surface area (Å²) in [7, 11) is -2.54. The number of benzene rings is 2. The summed E-state index contributed by atoms with van der Waals surface area (Å²) in [6.45, 7) is 9.23. The van der Waals surface area contributed by atoms with Crippen molar-refractivity contribution in [1.82, 2.24) is 0 Å². The molecule has 0 atom stereocenters. The highest BCUT2D eigenvalue weighted by Gasteiger charge is 2.49. The van der Waals surface area contributed by atoms with Crippen LogP contribution >= 0.6 is 0 Å². The fourth-order valence-electron chi connectivity index (χ4n) is 3.27. The molecule has 4 heteroatoms. The van der Waals surface area contributed by atoms with Crippen LogP contribution in [-0.2, 0) is 14.0 Å². The molecule has 0 aliphatic heterocycles. The molecule has 0 amide bonds. The van der Waals surface area contributed by atoms with Crippen molar-refractivity contribution in [2.45, 2.75) is 32.7 Å². The van der Waals surface area contributed by atoms with E-state index in [1.54, 1.807) is 13.0 Å². The van der Waals surface area contributed by atoms with Gasteiger partial charge >= 0.3 is 5.97 Å². The summed E-state index contributed by atoms with van der Waals surface area (Å²) in [6, 6.07) is 20.9. The lowest BCUT2D eigenvalue weighted by atomic mass is 10.2. The molecule has 0 aromatic heterocycles. The number of rotatable bonds is 7. The van der Waals surface area contributed by atoms with Gasteiger partial charge in [-0.1, -0.05) is 87.5 Å². The van der Waals surface area contributed by atoms with E-state index in [0.29, 0.717) is 13.2 Å². The average molecular weight is 369 g/mol. The normalized spacial score (nSPS) is 12.3. The molecule has 138 valence electrons. The molecule has 3 nitrogen and oxygen atoms in total. The Bertz CT molecular complexity index is 679. The zero-order valence-corrected chi connectivity index (χ0v) is 17.1. The number of carbonyl (C=O) groups excluding carboxylic acids is 1. The van der Waals surface area contributed by atoms with Gasteiger partial charge in [0.15, 0.2) is 0 Å². The lowest BCUT2D eigenvalue weighted by Gasteiger charge is -2.42. The van der Waals surface area contributed by atoms with Crippen LogP contribution in [0.25, 0.3) is 0 Å². The first kappa shape index (κ1) is 20.1. The Morgan fingerprint density at radius 3 is 1.88 bits per heavy atom. The summed E-state index contributed by atoms with van der Waals surface area (Å²) < 4.78 is 11.6. The third kappa shape index (κ3) is 4.51. The summed E-state index contributed by atoms with van der Waals surface area (Å²) in [5.41, 5.74) is 0. The molecule has 2 aromatic carbocycles. The number of esters is 1. The standard InChI is InChI=1S/C22H28O3Si/c1-5-24-21(23)17-12-18-25-26(22(2,3)4,19-13-8-6-9-14-19)20-15-10-7-11-16-20/h6-17H,5,18H2,1-4H3/b17-12+. The Morgan fingerprint density at radius 2 is 1.46 bits per heavy atom. The van der Waals surface area contributed by atoms with Crippen molar-refractivity contribution in [3.63, 3.8) is 0 Å². The highest BCUT2D eigenvalue weighted by molar-refractivity contribution is 6.99. The minimum absolute atomic E-state index is 0.0759. The van der Waals surface area contributed by atoms with Crippen LogP contribution in [0, 0.1) is 0 Å². The highest BCUT2D eigenvalue weighted by atomic mass is 28.4. The van der Waals surface area contributed by atoms with Gasteiger partial charge in [-0.2, -0.15) is 0 Å². The molecule has 0 heterocycles. The third-order valence-electron chi connectivity index (χ3n) is 4.35. The Kier molecular flexibility index (Phi) is 6.95. The molecule has 0 aliphatic rings. The Morgan fingerprint density at radius 1 is 0.962 bits per heavy atom. The first-order valence-corrected chi connectivity index (χ1v) is 10.9. The average Bonchev–Trinajstić information content (AvgIpc) is 2.62. The Balaban J connectivity index is 2.43. The van der Waals surface area contributed by atoms with Gasteiger partial charge in [-0.05, 0) is 22.3 Å². The topological polar surface area (TPSA) is 35.5 Å². The minimum atomic E-state index is -2.54. The molecule has 0 spiro atoms. The van der Waals surface area contributed by atoms with Gasteiger partial charge in [0.25, 0.3) is 8.32 Å². The van der Waals surface area contributed by atoms with Crippen molar-refractivity contribution >= 4 is 24.7 Å². The van der Waals surface area contributed by atoms with Crippen molar-refractivity contribution < 1.29 is 14.0 Å². The molecular weight excluding hydrogens is 340 g/mol. The lowest BCUT2D eigenvalue weighted by molar-refractivity contribution is -0.137. The summed E-state index contributed by atoms with van der Waals surface area (Å²) in [6.07, 6.45) is 3.19. The number of carbonyl (C=O) groups is 1. The maximum atomic E-state index is 11.6. The fraction of sp³-hybridized carbons (Fsp3) is 0.318. The van der Waals surface area contributed by atoms with E-state index in [-0.39, 0.29) is 11.0 Å². The first-order chi connectivity index (χ1) is 12.4. The van der Waals surface area contributed by atoms with Crippen molar-refractivity contribution in [3.05, 3.63) is 72.8 Å². The number of hydrogen-bond acceptors (Lipinski definition) is 3. The fourth-order valence-corrected chi connectivity index (χ4v) is 7.77. The molecule has 0 fully saturated rings. The quantitative estimate of drug-likeness (QED) is 0.425. The number of ether oxygens (including phenoxy) is 1. The van der Waals surface area contributed by atoms with E-state index in [0.717, 1.165) is 0 Å². The zero-order chi connectivity index (χ0) is 19.0. The van der Waals surface area contributed by atoms with E-state index in [9.17, 15) is 4.79 Å². The monoisotopic (exact) mass is 368 g/mol. The van der Waals surface area contributed by atoms with Gasteiger partial charge in [0.05, 0.1) is 13.2 Å². The predicted octanol–water partition coefficient (Wildman–Crippen LogP) is 3.68. The minimum Gasteiger partial charge on any atom is -0.463 e. The maximum absolute atomic E-state index is 11.6. The van der Waals surface area contributed by atoms with E-state index in [1.807, 2.05) is 12.1 Å². The largest absolute Gasteiger partial charge is 0.463 e. The molecule has 0 bridgehead atoms. The molecule has 0 saturated carbocycles. The van der Waals surface area contributed by atoms with Crippen molar-refractivity contribution in [2.75, 3.05) is 13.2 Å². The Hall–Kier alpha value is -2.17. The van der Waals surface area contributed by atoms with Crippen LogP contribution in [0.4, 0.5) is 0 Å².